The van der Waals surface area contributed by atoms with E-state index in [1.165, 1.54) is 0 Å². The average Bonchev–Trinajstić information content (AvgIpc) is 2.70. The Bertz CT molecular complexity index is 658. The fourth-order valence-corrected chi connectivity index (χ4v) is 2.74. The molecule has 0 aliphatic carbocycles. The van der Waals surface area contributed by atoms with Gasteiger partial charge < -0.3 is 42.7 Å². The molecule has 0 aromatic heterocycles. The number of carboxylic acid groups (broad SMARTS) is 2. The van der Waals surface area contributed by atoms with E-state index in [0.717, 1.165) is 0 Å². The van der Waals surface area contributed by atoms with Gasteiger partial charge in [-0.1, -0.05) is 13.8 Å². The maximum atomic E-state index is 12.7. The highest BCUT2D eigenvalue weighted by atomic mass is 16.4. The van der Waals surface area contributed by atoms with Crippen molar-refractivity contribution in [3.8, 4) is 0 Å². The van der Waals surface area contributed by atoms with Crippen LogP contribution in [-0.4, -0.2) is 82.3 Å². The van der Waals surface area contributed by atoms with Crippen LogP contribution in [0.5, 0.6) is 0 Å². The SMILES string of the molecule is CC(C)CC(NC(=O)C(CC(=O)O)NC(=O)C(N)CO)C(=O)NC(CCCCN)C(=O)O. The van der Waals surface area contributed by atoms with Gasteiger partial charge in [0.1, 0.15) is 24.2 Å². The maximum Gasteiger partial charge on any atom is 0.326 e. The molecule has 3 amide bonds. The average molecular weight is 462 g/mol. The van der Waals surface area contributed by atoms with Crippen molar-refractivity contribution in [1.82, 2.24) is 16.0 Å². The smallest absolute Gasteiger partial charge is 0.326 e. The molecule has 0 aromatic rings. The summed E-state index contributed by atoms with van der Waals surface area (Å²) in [7, 11) is 0. The van der Waals surface area contributed by atoms with Crippen molar-refractivity contribution < 1.29 is 39.3 Å². The van der Waals surface area contributed by atoms with E-state index in [2.05, 4.69) is 16.0 Å². The minimum absolute atomic E-state index is 0.0816. The number of carboxylic acids is 2. The molecule has 0 radical (unpaired) electrons. The molecule has 13 heteroatoms. The predicted molar refractivity (Wildman–Crippen MR) is 113 cm³/mol. The zero-order valence-electron chi connectivity index (χ0n) is 18.4. The molecule has 4 atom stereocenters. The third kappa shape index (κ3) is 11.6. The maximum absolute atomic E-state index is 12.7. The van der Waals surface area contributed by atoms with Crippen LogP contribution in [0.3, 0.4) is 0 Å². The Morgan fingerprint density at radius 3 is 1.84 bits per heavy atom. The summed E-state index contributed by atoms with van der Waals surface area (Å²) in [5.74, 6) is -5.36. The van der Waals surface area contributed by atoms with Crippen molar-refractivity contribution in [3.63, 3.8) is 0 Å². The van der Waals surface area contributed by atoms with E-state index in [1.807, 2.05) is 0 Å². The molecular formula is C19H35N5O8. The molecule has 0 aliphatic heterocycles. The van der Waals surface area contributed by atoms with Gasteiger partial charge >= 0.3 is 11.9 Å². The van der Waals surface area contributed by atoms with Crippen LogP contribution in [0.25, 0.3) is 0 Å². The summed E-state index contributed by atoms with van der Waals surface area (Å²) in [5.41, 5.74) is 10.8. The summed E-state index contributed by atoms with van der Waals surface area (Å²) >= 11 is 0. The molecule has 0 fully saturated rings. The van der Waals surface area contributed by atoms with E-state index in [-0.39, 0.29) is 18.8 Å². The summed E-state index contributed by atoms with van der Waals surface area (Å²) in [5, 5.41) is 34.3. The number of unbranched alkanes of at least 4 members (excludes halogenated alkanes) is 1. The molecule has 13 nitrogen and oxygen atoms in total. The minimum Gasteiger partial charge on any atom is -0.481 e. The number of amides is 3. The summed E-state index contributed by atoms with van der Waals surface area (Å²) in [6, 6.07) is -5.27. The van der Waals surface area contributed by atoms with Crippen molar-refractivity contribution in [1.29, 1.82) is 0 Å². The van der Waals surface area contributed by atoms with Gasteiger partial charge in [0.05, 0.1) is 13.0 Å². The number of nitrogens with one attached hydrogen (secondary N) is 3. The van der Waals surface area contributed by atoms with Gasteiger partial charge in [0.15, 0.2) is 0 Å². The molecule has 0 aliphatic rings. The lowest BCUT2D eigenvalue weighted by Gasteiger charge is -2.25. The number of hydrogen-bond acceptors (Lipinski definition) is 8. The van der Waals surface area contributed by atoms with Crippen molar-refractivity contribution in [2.45, 2.75) is 70.1 Å². The van der Waals surface area contributed by atoms with E-state index in [4.69, 9.17) is 21.7 Å². The van der Waals surface area contributed by atoms with Crippen LogP contribution in [0.1, 0.15) is 46.0 Å². The number of carbonyl (C=O) groups excluding carboxylic acids is 3. The molecule has 184 valence electrons. The van der Waals surface area contributed by atoms with Crippen LogP contribution in [0.2, 0.25) is 0 Å². The van der Waals surface area contributed by atoms with Crippen LogP contribution in [0.15, 0.2) is 0 Å². The van der Waals surface area contributed by atoms with Gasteiger partial charge in [0.2, 0.25) is 17.7 Å². The van der Waals surface area contributed by atoms with Gasteiger partial charge in [-0.15, -0.1) is 0 Å². The number of nitrogens with two attached hydrogens (primary N) is 2. The predicted octanol–water partition coefficient (Wildman–Crippen LogP) is -2.51. The van der Waals surface area contributed by atoms with Crippen LogP contribution < -0.4 is 27.4 Å². The molecular weight excluding hydrogens is 426 g/mol. The van der Waals surface area contributed by atoms with Gasteiger partial charge in [-0.3, -0.25) is 19.2 Å². The molecule has 0 heterocycles. The number of rotatable bonds is 16. The molecule has 0 saturated carbocycles. The lowest BCUT2D eigenvalue weighted by molar-refractivity contribution is -0.143. The van der Waals surface area contributed by atoms with Gasteiger partial charge in [-0.2, -0.15) is 0 Å². The van der Waals surface area contributed by atoms with E-state index in [1.54, 1.807) is 13.8 Å². The standard InChI is InChI=1S/C19H35N5O8/c1-10(2)7-13(17(29)22-12(19(31)32)5-3-4-6-20)24-18(30)14(8-15(26)27)23-16(28)11(21)9-25/h10-14,25H,3-9,20-21H2,1-2H3,(H,22,29)(H,23,28)(H,24,30)(H,26,27)(H,31,32). The van der Waals surface area contributed by atoms with Gasteiger partial charge in [0, 0.05) is 0 Å². The van der Waals surface area contributed by atoms with Crippen molar-refractivity contribution in [2.24, 2.45) is 17.4 Å². The Morgan fingerprint density at radius 1 is 0.844 bits per heavy atom. The molecule has 0 bridgehead atoms. The van der Waals surface area contributed by atoms with Gasteiger partial charge in [-0.25, -0.2) is 4.79 Å². The number of hydrogen-bond donors (Lipinski definition) is 8. The number of aliphatic hydroxyl groups is 1. The molecule has 0 rings (SSSR count). The summed E-state index contributed by atoms with van der Waals surface area (Å²) in [4.78, 5) is 59.8. The van der Waals surface area contributed by atoms with Crippen LogP contribution in [-0.2, 0) is 24.0 Å². The fraction of sp³-hybridized carbons (Fsp3) is 0.737. The lowest BCUT2D eigenvalue weighted by Crippen LogP contribution is -2.58. The summed E-state index contributed by atoms with van der Waals surface area (Å²) in [6.07, 6.45) is 0.557. The van der Waals surface area contributed by atoms with Gasteiger partial charge in [-0.05, 0) is 38.1 Å². The first kappa shape index (κ1) is 29.2. The molecule has 10 N–H and O–H groups in total. The first-order valence-electron chi connectivity index (χ1n) is 10.3. The van der Waals surface area contributed by atoms with Crippen LogP contribution in [0, 0.1) is 5.92 Å². The Morgan fingerprint density at radius 2 is 1.38 bits per heavy atom. The molecule has 0 spiro atoms. The first-order chi connectivity index (χ1) is 14.9. The quantitative estimate of drug-likeness (QED) is 0.112. The van der Waals surface area contributed by atoms with Crippen molar-refractivity contribution in [2.75, 3.05) is 13.2 Å². The second-order valence-electron chi connectivity index (χ2n) is 7.82. The zero-order valence-corrected chi connectivity index (χ0v) is 18.4. The molecule has 0 saturated heterocycles. The van der Waals surface area contributed by atoms with Gasteiger partial charge in [0.25, 0.3) is 0 Å². The van der Waals surface area contributed by atoms with Crippen LogP contribution in [0.4, 0.5) is 0 Å². The Hall–Kier alpha value is -2.77. The highest BCUT2D eigenvalue weighted by Gasteiger charge is 2.31. The number of carbonyl (C=O) groups is 5. The number of aliphatic carboxylic acids is 2. The second kappa shape index (κ2) is 15.1. The van der Waals surface area contributed by atoms with E-state index >= 15 is 0 Å². The monoisotopic (exact) mass is 461 g/mol. The van der Waals surface area contributed by atoms with Crippen molar-refractivity contribution in [3.05, 3.63) is 0 Å². The largest absolute Gasteiger partial charge is 0.481 e. The number of aliphatic hydroxyl groups excluding tert-OH is 1. The second-order valence-corrected chi connectivity index (χ2v) is 7.82. The summed E-state index contributed by atoms with van der Waals surface area (Å²) in [6.45, 7) is 3.22. The topological polar surface area (TPSA) is 234 Å². The zero-order chi connectivity index (χ0) is 24.8. The van der Waals surface area contributed by atoms with E-state index < -0.39 is 66.9 Å². The molecule has 4 unspecified atom stereocenters. The van der Waals surface area contributed by atoms with Crippen LogP contribution >= 0.6 is 0 Å². The lowest BCUT2D eigenvalue weighted by atomic mass is 10.0. The Balaban J connectivity index is 5.42. The summed E-state index contributed by atoms with van der Waals surface area (Å²) < 4.78 is 0. The Kier molecular flexibility index (Phi) is 13.8. The third-order valence-electron chi connectivity index (χ3n) is 4.45. The molecule has 0 aromatic carbocycles. The fourth-order valence-electron chi connectivity index (χ4n) is 2.74. The third-order valence-corrected chi connectivity index (χ3v) is 4.45. The highest BCUT2D eigenvalue weighted by molar-refractivity contribution is 5.95. The minimum atomic E-state index is -1.56. The van der Waals surface area contributed by atoms with E-state index in [9.17, 15) is 29.1 Å². The normalized spacial score (nSPS) is 14.7. The van der Waals surface area contributed by atoms with E-state index in [0.29, 0.717) is 19.4 Å². The highest BCUT2D eigenvalue weighted by Crippen LogP contribution is 2.08. The van der Waals surface area contributed by atoms with Crippen molar-refractivity contribution >= 4 is 29.7 Å². The first-order valence-corrected chi connectivity index (χ1v) is 10.3. The Labute approximate surface area is 186 Å². The molecule has 32 heavy (non-hydrogen) atoms.